The van der Waals surface area contributed by atoms with Gasteiger partial charge in [-0.25, -0.2) is 0 Å². The summed E-state index contributed by atoms with van der Waals surface area (Å²) in [4.78, 5) is 0. The lowest BCUT2D eigenvalue weighted by Gasteiger charge is -2.18. The molecule has 0 saturated heterocycles. The van der Waals surface area contributed by atoms with Crippen molar-refractivity contribution in [2.24, 2.45) is 5.92 Å². The smallest absolute Gasteiger partial charge is 0.0192 e. The monoisotopic (exact) mass is 176 g/mol. The second-order valence-electron chi connectivity index (χ2n) is 3.07. The van der Waals surface area contributed by atoms with Gasteiger partial charge in [-0.05, 0) is 32.2 Å². The summed E-state index contributed by atoms with van der Waals surface area (Å²) in [5.41, 5.74) is 0. The van der Waals surface area contributed by atoms with Crippen molar-refractivity contribution in [1.29, 1.82) is 0 Å². The first-order valence-corrected chi connectivity index (χ1v) is 4.80. The minimum absolute atomic E-state index is 0.585. The van der Waals surface area contributed by atoms with Gasteiger partial charge in [-0.3, -0.25) is 0 Å². The minimum atomic E-state index is 0.585. The Morgan fingerprint density at radius 3 is 2.36 bits per heavy atom. The van der Waals surface area contributed by atoms with Gasteiger partial charge in [0.05, 0.1) is 0 Å². The molecule has 0 spiro atoms. The van der Waals surface area contributed by atoms with E-state index in [4.69, 9.17) is 0 Å². The average molecular weight is 176 g/mol. The predicted octanol–water partition coefficient (Wildman–Crippen LogP) is 0.750. The Labute approximate surface area is 75.5 Å². The van der Waals surface area contributed by atoms with Crippen LogP contribution in [-0.2, 0) is 0 Å². The minimum Gasteiger partial charge on any atom is -0.318 e. The first kappa shape index (κ1) is 11.3. The summed E-state index contributed by atoms with van der Waals surface area (Å²) in [6, 6.07) is 0.585. The molecule has 0 bridgehead atoms. The quantitative estimate of drug-likeness (QED) is 0.520. The zero-order chi connectivity index (χ0) is 8.69. The van der Waals surface area contributed by atoms with E-state index in [0.717, 1.165) is 12.3 Å². The SMILES string of the molecule is CNCC(CC(C)CS)NC. The van der Waals surface area contributed by atoms with Gasteiger partial charge in [0, 0.05) is 12.6 Å². The van der Waals surface area contributed by atoms with Crippen LogP contribution < -0.4 is 10.6 Å². The molecule has 2 unspecified atom stereocenters. The maximum atomic E-state index is 4.25. The van der Waals surface area contributed by atoms with Crippen molar-refractivity contribution < 1.29 is 0 Å². The van der Waals surface area contributed by atoms with Crippen molar-refractivity contribution in [2.75, 3.05) is 26.4 Å². The molecule has 11 heavy (non-hydrogen) atoms. The number of thiol groups is 1. The number of hydrogen-bond donors (Lipinski definition) is 3. The third-order valence-corrected chi connectivity index (χ3v) is 2.48. The maximum Gasteiger partial charge on any atom is 0.0192 e. The highest BCUT2D eigenvalue weighted by Crippen LogP contribution is 2.06. The van der Waals surface area contributed by atoms with E-state index in [2.05, 4.69) is 30.2 Å². The molecule has 0 amide bonds. The lowest BCUT2D eigenvalue weighted by atomic mass is 10.0. The Morgan fingerprint density at radius 1 is 1.36 bits per heavy atom. The summed E-state index contributed by atoms with van der Waals surface area (Å²) >= 11 is 4.25. The van der Waals surface area contributed by atoms with Gasteiger partial charge in [0.15, 0.2) is 0 Å². The molecule has 2 nitrogen and oxygen atoms in total. The first-order chi connectivity index (χ1) is 5.24. The van der Waals surface area contributed by atoms with Crippen LogP contribution in [0.4, 0.5) is 0 Å². The maximum absolute atomic E-state index is 4.25. The van der Waals surface area contributed by atoms with Crippen LogP contribution in [0.15, 0.2) is 0 Å². The molecule has 0 aliphatic rings. The van der Waals surface area contributed by atoms with Crippen LogP contribution >= 0.6 is 12.6 Å². The zero-order valence-electron chi connectivity index (χ0n) is 7.72. The van der Waals surface area contributed by atoms with E-state index in [9.17, 15) is 0 Å². The van der Waals surface area contributed by atoms with Crippen molar-refractivity contribution in [3.63, 3.8) is 0 Å². The fourth-order valence-electron chi connectivity index (χ4n) is 1.11. The van der Waals surface area contributed by atoms with Crippen LogP contribution in [0, 0.1) is 5.92 Å². The van der Waals surface area contributed by atoms with Gasteiger partial charge in [-0.15, -0.1) is 0 Å². The lowest BCUT2D eigenvalue weighted by Crippen LogP contribution is -2.36. The summed E-state index contributed by atoms with van der Waals surface area (Å²) in [6.45, 7) is 3.27. The summed E-state index contributed by atoms with van der Waals surface area (Å²) in [6.07, 6.45) is 1.20. The number of hydrogen-bond acceptors (Lipinski definition) is 3. The van der Waals surface area contributed by atoms with Crippen molar-refractivity contribution >= 4 is 12.6 Å². The summed E-state index contributed by atoms with van der Waals surface area (Å²) < 4.78 is 0. The van der Waals surface area contributed by atoms with Gasteiger partial charge >= 0.3 is 0 Å². The van der Waals surface area contributed by atoms with E-state index < -0.39 is 0 Å². The Kier molecular flexibility index (Phi) is 7.12. The van der Waals surface area contributed by atoms with E-state index in [-0.39, 0.29) is 0 Å². The molecule has 0 aromatic carbocycles. The van der Waals surface area contributed by atoms with Crippen LogP contribution in [0.3, 0.4) is 0 Å². The van der Waals surface area contributed by atoms with Crippen molar-refractivity contribution in [1.82, 2.24) is 10.6 Å². The van der Waals surface area contributed by atoms with Crippen LogP contribution in [0.25, 0.3) is 0 Å². The van der Waals surface area contributed by atoms with Gasteiger partial charge in [0.25, 0.3) is 0 Å². The lowest BCUT2D eigenvalue weighted by molar-refractivity contribution is 0.435. The fourth-order valence-corrected chi connectivity index (χ4v) is 1.26. The zero-order valence-corrected chi connectivity index (χ0v) is 8.62. The molecule has 0 heterocycles. The molecule has 68 valence electrons. The van der Waals surface area contributed by atoms with Crippen molar-refractivity contribution in [3.05, 3.63) is 0 Å². The predicted molar refractivity (Wildman–Crippen MR) is 54.4 cm³/mol. The molecule has 0 rings (SSSR count). The topological polar surface area (TPSA) is 24.1 Å². The molecule has 0 aliphatic heterocycles. The van der Waals surface area contributed by atoms with E-state index in [1.165, 1.54) is 6.42 Å². The molecular formula is C8H20N2S. The number of likely N-dealkylation sites (N-methyl/N-ethyl adjacent to an activating group) is 2. The Morgan fingerprint density at radius 2 is 2.00 bits per heavy atom. The Hall–Kier alpha value is 0.270. The molecule has 0 aromatic rings. The molecule has 0 fully saturated rings. The second kappa shape index (κ2) is 6.95. The number of nitrogens with one attached hydrogen (secondary N) is 2. The Bertz CT molecular complexity index is 88.2. The molecule has 2 N–H and O–H groups in total. The van der Waals surface area contributed by atoms with Crippen molar-refractivity contribution in [3.8, 4) is 0 Å². The molecular weight excluding hydrogens is 156 g/mol. The molecule has 3 heteroatoms. The highest BCUT2D eigenvalue weighted by Gasteiger charge is 2.08. The van der Waals surface area contributed by atoms with Gasteiger partial charge < -0.3 is 10.6 Å². The van der Waals surface area contributed by atoms with Crippen LogP contribution in [0.1, 0.15) is 13.3 Å². The van der Waals surface area contributed by atoms with E-state index >= 15 is 0 Å². The highest BCUT2D eigenvalue weighted by molar-refractivity contribution is 7.80. The summed E-state index contributed by atoms with van der Waals surface area (Å²) in [7, 11) is 3.99. The molecule has 2 atom stereocenters. The van der Waals surface area contributed by atoms with Gasteiger partial charge in [-0.2, -0.15) is 12.6 Å². The van der Waals surface area contributed by atoms with Crippen molar-refractivity contribution in [2.45, 2.75) is 19.4 Å². The molecule has 0 saturated carbocycles. The highest BCUT2D eigenvalue weighted by atomic mass is 32.1. The van der Waals surface area contributed by atoms with Gasteiger partial charge in [0.1, 0.15) is 0 Å². The van der Waals surface area contributed by atoms with Crippen LogP contribution in [0.2, 0.25) is 0 Å². The molecule has 0 radical (unpaired) electrons. The van der Waals surface area contributed by atoms with Crippen LogP contribution in [-0.4, -0.2) is 32.4 Å². The number of rotatable bonds is 6. The second-order valence-corrected chi connectivity index (χ2v) is 3.43. The average Bonchev–Trinajstić information content (AvgIpc) is 2.03. The third kappa shape index (κ3) is 5.53. The summed E-state index contributed by atoms with van der Waals surface area (Å²) in [5, 5.41) is 6.43. The van der Waals surface area contributed by atoms with Gasteiger partial charge in [0.2, 0.25) is 0 Å². The largest absolute Gasteiger partial charge is 0.318 e. The molecule has 0 aliphatic carbocycles. The first-order valence-electron chi connectivity index (χ1n) is 4.17. The fraction of sp³-hybridized carbons (Fsp3) is 1.00. The molecule has 0 aromatic heterocycles. The summed E-state index contributed by atoms with van der Waals surface area (Å²) in [5.74, 6) is 1.67. The van der Waals surface area contributed by atoms with E-state index in [0.29, 0.717) is 12.0 Å². The standard InChI is InChI=1S/C8H20N2S/c1-7(6-11)4-8(10-3)5-9-2/h7-11H,4-6H2,1-3H3. The third-order valence-electron chi connectivity index (χ3n) is 1.86. The Balaban J connectivity index is 3.49. The van der Waals surface area contributed by atoms with Gasteiger partial charge in [-0.1, -0.05) is 6.92 Å². The van der Waals surface area contributed by atoms with E-state index in [1.807, 2.05) is 14.1 Å². The normalized spacial score (nSPS) is 16.4. The van der Waals surface area contributed by atoms with E-state index in [1.54, 1.807) is 0 Å². The van der Waals surface area contributed by atoms with Crippen LogP contribution in [0.5, 0.6) is 0 Å².